The summed E-state index contributed by atoms with van der Waals surface area (Å²) < 4.78 is 0. The molecule has 9 heavy (non-hydrogen) atoms. The first-order valence-electron chi connectivity index (χ1n) is 3.12. The fraction of sp³-hybridized carbons (Fsp3) is 0.750. The Morgan fingerprint density at radius 2 is 1.56 bits per heavy atom. The molecule has 0 aromatic carbocycles. The van der Waals surface area contributed by atoms with Gasteiger partial charge in [0.25, 0.3) is 0 Å². The van der Waals surface area contributed by atoms with Gasteiger partial charge in [-0.1, -0.05) is 20.8 Å². The zero-order valence-corrected chi connectivity index (χ0v) is 7.93. The van der Waals surface area contributed by atoms with Crippen LogP contribution >= 0.6 is 0 Å². The van der Waals surface area contributed by atoms with Gasteiger partial charge in [-0.3, -0.25) is 0 Å². The fourth-order valence-corrected chi connectivity index (χ4v) is 1.84. The van der Waals surface area contributed by atoms with Crippen LogP contribution in [-0.2, 0) is 10.9 Å². The first kappa shape index (κ1) is 9.09. The van der Waals surface area contributed by atoms with Gasteiger partial charge in [0.05, 0.1) is 0 Å². The molecule has 0 radical (unpaired) electrons. The second-order valence-corrected chi connectivity index (χ2v) is 5.62. The zero-order valence-electron chi connectivity index (χ0n) is 7.12. The third-order valence-corrected chi connectivity index (χ3v) is 2.93. The Morgan fingerprint density at radius 1 is 1.22 bits per heavy atom. The van der Waals surface area contributed by atoms with Crippen LogP contribution in [0.3, 0.4) is 0 Å². The van der Waals surface area contributed by atoms with E-state index in [4.69, 9.17) is 0 Å². The van der Waals surface area contributed by atoms with Crippen molar-refractivity contribution in [2.75, 3.05) is 12.5 Å². The van der Waals surface area contributed by atoms with Crippen LogP contribution in [0.2, 0.25) is 0 Å². The predicted molar refractivity (Wildman–Crippen MR) is 47.8 cm³/mol. The average molecular weight is 145 g/mol. The van der Waals surface area contributed by atoms with E-state index in [-0.39, 0.29) is 0 Å². The van der Waals surface area contributed by atoms with E-state index in [2.05, 4.69) is 39.9 Å². The van der Waals surface area contributed by atoms with Crippen molar-refractivity contribution in [3.05, 3.63) is 11.5 Å². The van der Waals surface area contributed by atoms with E-state index in [9.17, 15) is 0 Å². The molecule has 0 bridgehead atoms. The molecule has 0 aliphatic carbocycles. The predicted octanol–water partition coefficient (Wildman–Crippen LogP) is 2.42. The van der Waals surface area contributed by atoms with Crippen LogP contribution in [0.1, 0.15) is 20.8 Å². The quantitative estimate of drug-likeness (QED) is 0.497. The zero-order chi connectivity index (χ0) is 7.65. The molecule has 0 heterocycles. The van der Waals surface area contributed by atoms with Crippen molar-refractivity contribution >= 4 is 10.9 Å². The molecular formula is C8H17S+. The van der Waals surface area contributed by atoms with E-state index in [0.717, 1.165) is 0 Å². The summed E-state index contributed by atoms with van der Waals surface area (Å²) in [4.78, 5) is 1.36. The molecule has 0 saturated carbocycles. The average Bonchev–Trinajstić information content (AvgIpc) is 1.62. The van der Waals surface area contributed by atoms with E-state index in [0.29, 0.717) is 16.3 Å². The molecular weight excluding hydrogens is 128 g/mol. The molecule has 0 spiro atoms. The number of allylic oxidation sites excluding steroid dienone is 1. The molecule has 0 aromatic rings. The molecule has 0 aliphatic rings. The van der Waals surface area contributed by atoms with E-state index in [1.54, 1.807) is 0 Å². The monoisotopic (exact) mass is 145 g/mol. The molecule has 0 saturated heterocycles. The molecule has 0 nitrogen and oxygen atoms in total. The van der Waals surface area contributed by atoms with Crippen LogP contribution in [0.5, 0.6) is 0 Å². The van der Waals surface area contributed by atoms with Crippen molar-refractivity contribution in [2.24, 2.45) is 5.41 Å². The Kier molecular flexibility index (Phi) is 2.81. The van der Waals surface area contributed by atoms with E-state index < -0.39 is 0 Å². The third kappa shape index (κ3) is 2.95. The van der Waals surface area contributed by atoms with Gasteiger partial charge in [0.2, 0.25) is 0 Å². The van der Waals surface area contributed by atoms with Gasteiger partial charge in [-0.25, -0.2) is 0 Å². The highest BCUT2D eigenvalue weighted by Gasteiger charge is 2.24. The number of hydrogen-bond acceptors (Lipinski definition) is 0. The van der Waals surface area contributed by atoms with Crippen LogP contribution in [-0.4, -0.2) is 12.5 Å². The molecule has 0 aliphatic heterocycles. The Balaban J connectivity index is 4.06. The topological polar surface area (TPSA) is 0 Å². The first-order valence-corrected chi connectivity index (χ1v) is 5.17. The van der Waals surface area contributed by atoms with Crippen molar-refractivity contribution < 1.29 is 0 Å². The summed E-state index contributed by atoms with van der Waals surface area (Å²) in [6.07, 6.45) is 4.43. The maximum atomic E-state index is 4.04. The molecule has 0 unspecified atom stereocenters. The van der Waals surface area contributed by atoms with E-state index in [1.807, 2.05) is 0 Å². The number of rotatable bonds is 1. The van der Waals surface area contributed by atoms with E-state index >= 15 is 0 Å². The standard InChI is InChI=1S/C8H17S/c1-7(9(5)6)8(2,3)4/h1H2,2-6H3/q+1. The van der Waals surface area contributed by atoms with Gasteiger partial charge in [0, 0.05) is 16.3 Å². The van der Waals surface area contributed by atoms with Crippen LogP contribution < -0.4 is 0 Å². The van der Waals surface area contributed by atoms with Gasteiger partial charge >= 0.3 is 0 Å². The lowest BCUT2D eigenvalue weighted by Crippen LogP contribution is -2.15. The molecule has 0 rings (SSSR count). The SMILES string of the molecule is C=C([S+](C)C)C(C)(C)C. The maximum Gasteiger partial charge on any atom is 0.129 e. The minimum atomic E-state index is 0.298. The first-order chi connectivity index (χ1) is 3.85. The molecule has 54 valence electrons. The summed E-state index contributed by atoms with van der Waals surface area (Å²) in [5.41, 5.74) is 0.298. The minimum Gasteiger partial charge on any atom is -0.0518 e. The highest BCUT2D eigenvalue weighted by Crippen LogP contribution is 2.27. The van der Waals surface area contributed by atoms with Crippen LogP contribution in [0, 0.1) is 5.41 Å². The Labute approximate surface area is 61.7 Å². The molecule has 0 fully saturated rings. The van der Waals surface area contributed by atoms with Crippen LogP contribution in [0.4, 0.5) is 0 Å². The summed E-state index contributed by atoms with van der Waals surface area (Å²) >= 11 is 0. The Bertz CT molecular complexity index is 106. The Morgan fingerprint density at radius 3 is 1.56 bits per heavy atom. The second kappa shape index (κ2) is 2.78. The third-order valence-electron chi connectivity index (χ3n) is 1.33. The smallest absolute Gasteiger partial charge is 0.0518 e. The van der Waals surface area contributed by atoms with Gasteiger partial charge in [-0.15, -0.1) is 0 Å². The highest BCUT2D eigenvalue weighted by molar-refractivity contribution is 7.99. The number of hydrogen-bond donors (Lipinski definition) is 0. The van der Waals surface area contributed by atoms with Crippen molar-refractivity contribution in [1.82, 2.24) is 0 Å². The van der Waals surface area contributed by atoms with Gasteiger partial charge in [-0.05, 0) is 6.58 Å². The van der Waals surface area contributed by atoms with Crippen LogP contribution in [0.15, 0.2) is 11.5 Å². The van der Waals surface area contributed by atoms with Crippen molar-refractivity contribution in [3.8, 4) is 0 Å². The summed E-state index contributed by atoms with van der Waals surface area (Å²) in [7, 11) is 0.376. The highest BCUT2D eigenvalue weighted by atomic mass is 32.2. The minimum absolute atomic E-state index is 0.298. The fourth-order valence-electron chi connectivity index (χ4n) is 0.612. The Hall–Kier alpha value is 0.0900. The van der Waals surface area contributed by atoms with Crippen molar-refractivity contribution in [3.63, 3.8) is 0 Å². The summed E-state index contributed by atoms with van der Waals surface area (Å²) in [6, 6.07) is 0. The normalized spacial score (nSPS) is 12.2. The van der Waals surface area contributed by atoms with Crippen molar-refractivity contribution in [2.45, 2.75) is 20.8 Å². The van der Waals surface area contributed by atoms with Gasteiger partial charge in [-0.2, -0.15) is 0 Å². The second-order valence-electron chi connectivity index (χ2n) is 3.49. The molecule has 0 atom stereocenters. The van der Waals surface area contributed by atoms with E-state index in [1.165, 1.54) is 4.91 Å². The van der Waals surface area contributed by atoms with Crippen LogP contribution in [0.25, 0.3) is 0 Å². The summed E-state index contributed by atoms with van der Waals surface area (Å²) in [5, 5.41) is 0. The lowest BCUT2D eigenvalue weighted by atomic mass is 9.97. The summed E-state index contributed by atoms with van der Waals surface area (Å²) in [5.74, 6) is 0. The van der Waals surface area contributed by atoms with Gasteiger partial charge < -0.3 is 0 Å². The molecule has 0 amide bonds. The molecule has 1 heteroatoms. The van der Waals surface area contributed by atoms with Gasteiger partial charge in [0.15, 0.2) is 0 Å². The molecule has 0 N–H and O–H groups in total. The summed E-state index contributed by atoms with van der Waals surface area (Å²) in [6.45, 7) is 10.7. The lowest BCUT2D eigenvalue weighted by molar-refractivity contribution is 0.534. The largest absolute Gasteiger partial charge is 0.129 e. The maximum absolute atomic E-state index is 4.04. The molecule has 0 aromatic heterocycles. The van der Waals surface area contributed by atoms with Crippen molar-refractivity contribution in [1.29, 1.82) is 0 Å². The lowest BCUT2D eigenvalue weighted by Gasteiger charge is -2.16. The van der Waals surface area contributed by atoms with Gasteiger partial charge in [0.1, 0.15) is 17.4 Å².